The molecule has 1 unspecified atom stereocenters. The SMILES string of the molecule is CC(C)CC(O)C1=[N+]=CN=C1. The van der Waals surface area contributed by atoms with Gasteiger partial charge in [-0.2, -0.15) is 0 Å². The lowest BCUT2D eigenvalue weighted by Crippen LogP contribution is -2.24. The second kappa shape index (κ2) is 3.46. The van der Waals surface area contributed by atoms with Crippen LogP contribution in [-0.4, -0.2) is 29.5 Å². The highest BCUT2D eigenvalue weighted by atomic mass is 16.3. The Hall–Kier alpha value is -0.920. The highest BCUT2D eigenvalue weighted by Gasteiger charge is 2.20. The van der Waals surface area contributed by atoms with Gasteiger partial charge in [0.25, 0.3) is 5.71 Å². The molecule has 1 aliphatic heterocycles. The van der Waals surface area contributed by atoms with Crippen molar-refractivity contribution in [1.29, 1.82) is 0 Å². The van der Waals surface area contributed by atoms with Crippen molar-refractivity contribution in [3.63, 3.8) is 0 Å². The monoisotopic (exact) mass is 153 g/mol. The standard InChI is InChI=1S/C8H13N2O/c1-6(2)3-8(11)7-4-9-5-10-7/h4-6,8,11H,3H2,1-2H3/q+1. The molecule has 1 atom stereocenters. The van der Waals surface area contributed by atoms with Gasteiger partial charge in [-0.05, 0) is 17.3 Å². The van der Waals surface area contributed by atoms with Gasteiger partial charge in [0.1, 0.15) is 6.10 Å². The smallest absolute Gasteiger partial charge is 0.378 e. The van der Waals surface area contributed by atoms with E-state index in [2.05, 4.69) is 23.5 Å². The molecule has 0 saturated carbocycles. The van der Waals surface area contributed by atoms with Crippen molar-refractivity contribution in [3.05, 3.63) is 0 Å². The molecule has 60 valence electrons. The first-order valence-electron chi connectivity index (χ1n) is 3.80. The van der Waals surface area contributed by atoms with Crippen LogP contribution >= 0.6 is 0 Å². The van der Waals surface area contributed by atoms with Crippen molar-refractivity contribution in [2.75, 3.05) is 0 Å². The highest BCUT2D eigenvalue weighted by molar-refractivity contribution is 6.35. The third-order valence-electron chi connectivity index (χ3n) is 1.52. The van der Waals surface area contributed by atoms with E-state index >= 15 is 0 Å². The van der Waals surface area contributed by atoms with Crippen molar-refractivity contribution < 1.29 is 5.11 Å². The Morgan fingerprint density at radius 3 is 2.82 bits per heavy atom. The number of rotatable bonds is 3. The van der Waals surface area contributed by atoms with Crippen LogP contribution in [0.4, 0.5) is 0 Å². The van der Waals surface area contributed by atoms with Crippen molar-refractivity contribution in [2.24, 2.45) is 10.9 Å². The zero-order valence-electron chi connectivity index (χ0n) is 6.86. The van der Waals surface area contributed by atoms with Crippen LogP contribution in [0.3, 0.4) is 0 Å². The zero-order chi connectivity index (χ0) is 8.27. The average molecular weight is 153 g/mol. The predicted octanol–water partition coefficient (Wildman–Crippen LogP) is 0.0143. The molecule has 0 radical (unpaired) electrons. The van der Waals surface area contributed by atoms with Gasteiger partial charge < -0.3 is 5.11 Å². The van der Waals surface area contributed by atoms with E-state index in [0.29, 0.717) is 11.6 Å². The fourth-order valence-electron chi connectivity index (χ4n) is 0.982. The molecule has 0 aromatic heterocycles. The summed E-state index contributed by atoms with van der Waals surface area (Å²) in [5.41, 5.74) is 0.679. The topological polar surface area (TPSA) is 46.7 Å². The summed E-state index contributed by atoms with van der Waals surface area (Å²) in [4.78, 5) is 3.78. The molecule has 0 aromatic carbocycles. The minimum absolute atomic E-state index is 0.447. The Kier molecular flexibility index (Phi) is 2.58. The second-order valence-corrected chi connectivity index (χ2v) is 3.09. The maximum absolute atomic E-state index is 9.48. The Labute approximate surface area is 66.2 Å². The van der Waals surface area contributed by atoms with E-state index in [1.807, 2.05) is 0 Å². The lowest BCUT2D eigenvalue weighted by atomic mass is 10.0. The lowest BCUT2D eigenvalue weighted by Gasteiger charge is -2.06. The first-order chi connectivity index (χ1) is 5.20. The van der Waals surface area contributed by atoms with E-state index in [-0.39, 0.29) is 0 Å². The largest absolute Gasteiger partial charge is 0.383 e. The maximum atomic E-state index is 9.48. The molecule has 11 heavy (non-hydrogen) atoms. The first kappa shape index (κ1) is 8.18. The minimum Gasteiger partial charge on any atom is -0.383 e. The fourth-order valence-corrected chi connectivity index (χ4v) is 0.982. The number of nitrogens with zero attached hydrogens (tertiary/aromatic N) is 2. The zero-order valence-corrected chi connectivity index (χ0v) is 6.86. The van der Waals surface area contributed by atoms with Crippen LogP contribution in [0.1, 0.15) is 20.3 Å². The summed E-state index contributed by atoms with van der Waals surface area (Å²) in [5, 5.41) is 9.48. The summed E-state index contributed by atoms with van der Waals surface area (Å²) in [7, 11) is 0. The molecule has 0 fully saturated rings. The summed E-state index contributed by atoms with van der Waals surface area (Å²) in [6, 6.07) is 0. The molecule has 3 heteroatoms. The predicted molar refractivity (Wildman–Crippen MR) is 47.2 cm³/mol. The van der Waals surface area contributed by atoms with Gasteiger partial charge in [0.15, 0.2) is 0 Å². The molecule has 1 N–H and O–H groups in total. The highest BCUT2D eigenvalue weighted by Crippen LogP contribution is 2.04. The molecule has 1 rings (SSSR count). The van der Waals surface area contributed by atoms with E-state index in [4.69, 9.17) is 0 Å². The Balaban J connectivity index is 2.48. The molecule has 1 heterocycles. The van der Waals surface area contributed by atoms with Crippen molar-refractivity contribution >= 4 is 18.3 Å². The molecule has 0 saturated heterocycles. The van der Waals surface area contributed by atoms with Crippen LogP contribution in [0, 0.1) is 5.92 Å². The van der Waals surface area contributed by atoms with Gasteiger partial charge in [-0.15, -0.1) is 0 Å². The van der Waals surface area contributed by atoms with Crippen LogP contribution in [0.2, 0.25) is 0 Å². The molecule has 0 spiro atoms. The number of aliphatic imine (C=N–C) groups is 1. The van der Waals surface area contributed by atoms with Crippen molar-refractivity contribution in [3.8, 4) is 0 Å². The normalized spacial score (nSPS) is 17.6. The summed E-state index contributed by atoms with van der Waals surface area (Å²) in [5.74, 6) is 0.488. The van der Waals surface area contributed by atoms with E-state index < -0.39 is 6.10 Å². The number of aliphatic hydroxyl groups excluding tert-OH is 1. The van der Waals surface area contributed by atoms with Crippen molar-refractivity contribution in [2.45, 2.75) is 26.4 Å². The average Bonchev–Trinajstić information content (AvgIpc) is 2.35. The van der Waals surface area contributed by atoms with Crippen LogP contribution in [0.15, 0.2) is 4.99 Å². The number of hydrogen-bond donors (Lipinski definition) is 1. The van der Waals surface area contributed by atoms with Gasteiger partial charge in [0.05, 0.1) is 0 Å². The lowest BCUT2D eigenvalue weighted by molar-refractivity contribution is 0.214. The molecular weight excluding hydrogens is 140 g/mol. The third kappa shape index (κ3) is 2.30. The number of aliphatic hydroxyl groups is 1. The van der Waals surface area contributed by atoms with Gasteiger partial charge in [-0.3, -0.25) is 0 Å². The fraction of sp³-hybridized carbons (Fsp3) is 0.625. The molecule has 0 amide bonds. The van der Waals surface area contributed by atoms with Gasteiger partial charge in [-0.1, -0.05) is 13.8 Å². The van der Waals surface area contributed by atoms with Gasteiger partial charge in [-0.25, -0.2) is 4.67 Å². The van der Waals surface area contributed by atoms with Gasteiger partial charge in [0.2, 0.25) is 6.21 Å². The molecule has 0 bridgehead atoms. The Morgan fingerprint density at radius 1 is 1.64 bits per heavy atom. The van der Waals surface area contributed by atoms with Crippen LogP contribution in [0.5, 0.6) is 0 Å². The Morgan fingerprint density at radius 2 is 2.36 bits per heavy atom. The van der Waals surface area contributed by atoms with E-state index in [0.717, 1.165) is 6.42 Å². The molecule has 0 aliphatic carbocycles. The molecular formula is C8H13N2O+. The van der Waals surface area contributed by atoms with Crippen LogP contribution in [-0.2, 0) is 0 Å². The second-order valence-electron chi connectivity index (χ2n) is 3.09. The molecule has 1 aliphatic rings. The molecule has 0 aromatic rings. The molecule has 3 nitrogen and oxygen atoms in total. The quantitative estimate of drug-likeness (QED) is 0.570. The Bertz CT molecular complexity index is 224. The summed E-state index contributed by atoms with van der Waals surface area (Å²) < 4.78 is 3.91. The van der Waals surface area contributed by atoms with Gasteiger partial charge in [0, 0.05) is 0 Å². The van der Waals surface area contributed by atoms with Crippen molar-refractivity contribution in [1.82, 2.24) is 4.67 Å². The van der Waals surface area contributed by atoms with Gasteiger partial charge >= 0.3 is 6.34 Å². The van der Waals surface area contributed by atoms with Crippen LogP contribution in [0.25, 0.3) is 0 Å². The minimum atomic E-state index is -0.447. The first-order valence-corrected chi connectivity index (χ1v) is 3.80. The summed E-state index contributed by atoms with van der Waals surface area (Å²) >= 11 is 0. The van der Waals surface area contributed by atoms with E-state index in [9.17, 15) is 5.11 Å². The van der Waals surface area contributed by atoms with E-state index in [1.165, 1.54) is 6.34 Å². The third-order valence-corrected chi connectivity index (χ3v) is 1.52. The van der Waals surface area contributed by atoms with E-state index in [1.54, 1.807) is 6.21 Å². The number of hydrogen-bond acceptors (Lipinski definition) is 2. The summed E-state index contributed by atoms with van der Waals surface area (Å²) in [6.45, 7) is 4.14. The van der Waals surface area contributed by atoms with Crippen LogP contribution < -0.4 is 4.67 Å². The maximum Gasteiger partial charge on any atom is 0.378 e. The summed E-state index contributed by atoms with van der Waals surface area (Å²) in [6.07, 6.45) is 3.36.